The molecule has 1 heterocycles. The van der Waals surface area contributed by atoms with Crippen molar-refractivity contribution >= 4 is 32.7 Å². The van der Waals surface area contributed by atoms with Gasteiger partial charge in [0.2, 0.25) is 0 Å². The number of para-hydroxylation sites is 1. The van der Waals surface area contributed by atoms with Crippen molar-refractivity contribution in [2.75, 3.05) is 6.54 Å². The van der Waals surface area contributed by atoms with Crippen LogP contribution in [0, 0.1) is 0 Å². The van der Waals surface area contributed by atoms with Gasteiger partial charge in [-0.3, -0.25) is 4.79 Å². The van der Waals surface area contributed by atoms with E-state index in [4.69, 9.17) is 0 Å². The van der Waals surface area contributed by atoms with E-state index < -0.39 is 0 Å². The van der Waals surface area contributed by atoms with Crippen LogP contribution in [0.15, 0.2) is 28.7 Å². The first-order chi connectivity index (χ1) is 8.66. The zero-order chi connectivity index (χ0) is 13.1. The van der Waals surface area contributed by atoms with Crippen LogP contribution in [-0.4, -0.2) is 17.0 Å². The van der Waals surface area contributed by atoms with E-state index in [0.29, 0.717) is 5.69 Å². The van der Waals surface area contributed by atoms with Crippen LogP contribution in [0.2, 0.25) is 0 Å². The van der Waals surface area contributed by atoms with Crippen molar-refractivity contribution in [1.29, 1.82) is 0 Å². The van der Waals surface area contributed by atoms with Crippen LogP contribution in [0.1, 0.15) is 30.3 Å². The Bertz CT molecular complexity index is 535. The van der Waals surface area contributed by atoms with E-state index in [9.17, 15) is 4.79 Å². The Morgan fingerprint density at radius 1 is 1.39 bits per heavy atom. The number of nitrogens with zero attached hydrogens (tertiary/aromatic N) is 1. The van der Waals surface area contributed by atoms with Crippen molar-refractivity contribution in [2.24, 2.45) is 7.05 Å². The highest BCUT2D eigenvalue weighted by Gasteiger charge is 2.18. The number of aryl methyl sites for hydroxylation is 1. The predicted molar refractivity (Wildman–Crippen MR) is 77.9 cm³/mol. The number of aromatic nitrogens is 1. The highest BCUT2D eigenvalue weighted by atomic mass is 79.9. The van der Waals surface area contributed by atoms with E-state index in [0.717, 1.165) is 34.8 Å². The molecule has 18 heavy (non-hydrogen) atoms. The number of unbranched alkanes of at least 4 members (excludes halogenated alkanes) is 1. The Morgan fingerprint density at radius 2 is 2.11 bits per heavy atom. The molecular formula is C14H17BrN2O. The number of carbonyl (C=O) groups is 1. The van der Waals surface area contributed by atoms with Gasteiger partial charge in [-0.05, 0) is 28.4 Å². The van der Waals surface area contributed by atoms with Crippen molar-refractivity contribution in [3.8, 4) is 0 Å². The van der Waals surface area contributed by atoms with Gasteiger partial charge < -0.3 is 9.88 Å². The number of fused-ring (bicyclic) bond motifs is 1. The zero-order valence-corrected chi connectivity index (χ0v) is 12.3. The van der Waals surface area contributed by atoms with E-state index >= 15 is 0 Å². The molecule has 0 bridgehead atoms. The summed E-state index contributed by atoms with van der Waals surface area (Å²) in [5.74, 6) is -0.0194. The third kappa shape index (κ3) is 2.29. The van der Waals surface area contributed by atoms with Gasteiger partial charge in [0.05, 0.1) is 4.47 Å². The van der Waals surface area contributed by atoms with Crippen molar-refractivity contribution in [1.82, 2.24) is 9.88 Å². The maximum Gasteiger partial charge on any atom is 0.269 e. The minimum absolute atomic E-state index is 0.0194. The number of rotatable bonds is 4. The second kappa shape index (κ2) is 5.57. The molecular weight excluding hydrogens is 292 g/mol. The maximum atomic E-state index is 12.2. The summed E-state index contributed by atoms with van der Waals surface area (Å²) in [7, 11) is 1.92. The summed E-state index contributed by atoms with van der Waals surface area (Å²) in [5, 5.41) is 4.02. The number of amides is 1. The van der Waals surface area contributed by atoms with Crippen LogP contribution in [0.5, 0.6) is 0 Å². The first-order valence-electron chi connectivity index (χ1n) is 6.18. The highest BCUT2D eigenvalue weighted by molar-refractivity contribution is 9.10. The van der Waals surface area contributed by atoms with E-state index in [1.54, 1.807) is 0 Å². The van der Waals surface area contributed by atoms with Crippen LogP contribution < -0.4 is 5.32 Å². The van der Waals surface area contributed by atoms with Gasteiger partial charge in [0.15, 0.2) is 0 Å². The van der Waals surface area contributed by atoms with Gasteiger partial charge in [-0.25, -0.2) is 0 Å². The van der Waals surface area contributed by atoms with Gasteiger partial charge in [0.25, 0.3) is 5.91 Å². The fourth-order valence-electron chi connectivity index (χ4n) is 2.06. The number of carbonyl (C=O) groups excluding carboxylic acids is 1. The van der Waals surface area contributed by atoms with Crippen LogP contribution in [0.3, 0.4) is 0 Å². The number of nitrogens with one attached hydrogen (secondary N) is 1. The lowest BCUT2D eigenvalue weighted by Crippen LogP contribution is -2.26. The lowest BCUT2D eigenvalue weighted by molar-refractivity contribution is 0.0944. The molecule has 96 valence electrons. The van der Waals surface area contributed by atoms with Crippen molar-refractivity contribution < 1.29 is 4.79 Å². The molecule has 0 aliphatic rings. The van der Waals surface area contributed by atoms with E-state index in [2.05, 4.69) is 28.2 Å². The Hall–Kier alpha value is -1.29. The standard InChI is InChI=1S/C14H17BrN2O/c1-3-4-9-16-14(18)13-12(15)10-7-5-6-8-11(10)17(13)2/h5-8H,3-4,9H2,1-2H3,(H,16,18). The summed E-state index contributed by atoms with van der Waals surface area (Å²) in [6.07, 6.45) is 2.09. The Morgan fingerprint density at radius 3 is 2.78 bits per heavy atom. The molecule has 2 aromatic rings. The Balaban J connectivity index is 2.36. The van der Waals surface area contributed by atoms with Gasteiger partial charge in [0.1, 0.15) is 5.69 Å². The summed E-state index contributed by atoms with van der Waals surface area (Å²) >= 11 is 3.53. The molecule has 1 N–H and O–H groups in total. The molecule has 4 heteroatoms. The summed E-state index contributed by atoms with van der Waals surface area (Å²) in [6, 6.07) is 7.99. The second-order valence-electron chi connectivity index (χ2n) is 4.35. The molecule has 2 rings (SSSR count). The predicted octanol–water partition coefficient (Wildman–Crippen LogP) is 3.47. The monoisotopic (exact) mass is 308 g/mol. The first-order valence-corrected chi connectivity index (χ1v) is 6.97. The summed E-state index contributed by atoms with van der Waals surface area (Å²) < 4.78 is 2.80. The molecule has 0 fully saturated rings. The fourth-order valence-corrected chi connectivity index (χ4v) is 2.84. The number of halogens is 1. The number of benzene rings is 1. The highest BCUT2D eigenvalue weighted by Crippen LogP contribution is 2.29. The third-order valence-electron chi connectivity index (χ3n) is 3.08. The summed E-state index contributed by atoms with van der Waals surface area (Å²) in [5.41, 5.74) is 1.75. The molecule has 3 nitrogen and oxygen atoms in total. The maximum absolute atomic E-state index is 12.2. The molecule has 1 aromatic heterocycles. The molecule has 0 aliphatic heterocycles. The van der Waals surface area contributed by atoms with Crippen molar-refractivity contribution in [3.05, 3.63) is 34.4 Å². The average molecular weight is 309 g/mol. The third-order valence-corrected chi connectivity index (χ3v) is 3.88. The van der Waals surface area contributed by atoms with Crippen LogP contribution in [0.25, 0.3) is 10.9 Å². The lowest BCUT2D eigenvalue weighted by atomic mass is 10.2. The second-order valence-corrected chi connectivity index (χ2v) is 5.14. The largest absolute Gasteiger partial charge is 0.351 e. The molecule has 1 aromatic carbocycles. The summed E-state index contributed by atoms with van der Waals surface area (Å²) in [4.78, 5) is 12.2. The van der Waals surface area contributed by atoms with Gasteiger partial charge in [-0.2, -0.15) is 0 Å². The zero-order valence-electron chi connectivity index (χ0n) is 10.7. The van der Waals surface area contributed by atoms with Crippen LogP contribution >= 0.6 is 15.9 Å². The molecule has 0 spiro atoms. The Labute approximate surface area is 115 Å². The van der Waals surface area contributed by atoms with E-state index in [1.165, 1.54) is 0 Å². The average Bonchev–Trinajstić information content (AvgIpc) is 2.63. The molecule has 0 radical (unpaired) electrons. The molecule has 0 aliphatic carbocycles. The molecule has 0 saturated heterocycles. The van der Waals surface area contributed by atoms with Gasteiger partial charge in [-0.1, -0.05) is 31.5 Å². The van der Waals surface area contributed by atoms with E-state index in [1.807, 2.05) is 35.9 Å². The first kappa shape index (κ1) is 13.1. The van der Waals surface area contributed by atoms with Gasteiger partial charge in [0, 0.05) is 24.5 Å². The lowest BCUT2D eigenvalue weighted by Gasteiger charge is -2.06. The van der Waals surface area contributed by atoms with Crippen LogP contribution in [-0.2, 0) is 7.05 Å². The van der Waals surface area contributed by atoms with E-state index in [-0.39, 0.29) is 5.91 Å². The SMILES string of the molecule is CCCCNC(=O)c1c(Br)c2ccccc2n1C. The van der Waals surface area contributed by atoms with Crippen molar-refractivity contribution in [2.45, 2.75) is 19.8 Å². The quantitative estimate of drug-likeness (QED) is 0.862. The minimum Gasteiger partial charge on any atom is -0.351 e. The topological polar surface area (TPSA) is 34.0 Å². The van der Waals surface area contributed by atoms with Gasteiger partial charge in [-0.15, -0.1) is 0 Å². The van der Waals surface area contributed by atoms with Crippen LogP contribution in [0.4, 0.5) is 0 Å². The Kier molecular flexibility index (Phi) is 4.07. The number of hydrogen-bond donors (Lipinski definition) is 1. The fraction of sp³-hybridized carbons (Fsp3) is 0.357. The molecule has 1 amide bonds. The molecule has 0 saturated carbocycles. The minimum atomic E-state index is -0.0194. The normalized spacial score (nSPS) is 10.8. The van der Waals surface area contributed by atoms with Gasteiger partial charge >= 0.3 is 0 Å². The molecule has 0 atom stereocenters. The molecule has 0 unspecified atom stereocenters. The number of hydrogen-bond acceptors (Lipinski definition) is 1. The smallest absolute Gasteiger partial charge is 0.269 e. The summed E-state index contributed by atoms with van der Waals surface area (Å²) in [6.45, 7) is 2.84. The van der Waals surface area contributed by atoms with Crippen molar-refractivity contribution in [3.63, 3.8) is 0 Å².